The van der Waals surface area contributed by atoms with Gasteiger partial charge in [0.15, 0.2) is 0 Å². The normalized spacial score (nSPS) is 29.6. The molecule has 1 fully saturated rings. The van der Waals surface area contributed by atoms with Crippen molar-refractivity contribution in [3.05, 3.63) is 6.54 Å². The standard InChI is InChI=1S/C5H10N.Y/c1-5-2-3-6-4-5;/h3,5-6H,2,4H2,1H3;/q-1;. The van der Waals surface area contributed by atoms with Gasteiger partial charge >= 0.3 is 0 Å². The van der Waals surface area contributed by atoms with E-state index >= 15 is 0 Å². The molecule has 0 amide bonds. The monoisotopic (exact) mass is 173 g/mol. The predicted molar refractivity (Wildman–Crippen MR) is 26.1 cm³/mol. The molecule has 0 saturated carbocycles. The minimum Gasteiger partial charge on any atom is -0.470 e. The van der Waals surface area contributed by atoms with Gasteiger partial charge in [-0.2, -0.15) is 6.42 Å². The Hall–Kier alpha value is 1.06. The zero-order valence-corrected chi connectivity index (χ0v) is 7.48. The summed E-state index contributed by atoms with van der Waals surface area (Å²) in [5.41, 5.74) is 0. The molecule has 7 heavy (non-hydrogen) atoms. The molecule has 1 aliphatic heterocycles. The van der Waals surface area contributed by atoms with Crippen molar-refractivity contribution in [1.82, 2.24) is 5.32 Å². The SMILES string of the molecule is CC1C[CH-]NC1.[Y]. The van der Waals surface area contributed by atoms with Crippen molar-refractivity contribution in [2.24, 2.45) is 5.92 Å². The van der Waals surface area contributed by atoms with E-state index in [4.69, 9.17) is 0 Å². The van der Waals surface area contributed by atoms with Crippen LogP contribution in [0.25, 0.3) is 0 Å². The van der Waals surface area contributed by atoms with Crippen molar-refractivity contribution in [2.75, 3.05) is 6.54 Å². The van der Waals surface area contributed by atoms with Gasteiger partial charge in [-0.15, -0.1) is 0 Å². The first-order valence-corrected chi connectivity index (χ1v) is 2.44. The van der Waals surface area contributed by atoms with E-state index in [1.807, 2.05) is 0 Å². The Morgan fingerprint density at radius 3 is 2.57 bits per heavy atom. The van der Waals surface area contributed by atoms with Crippen LogP contribution in [0.4, 0.5) is 0 Å². The van der Waals surface area contributed by atoms with Crippen LogP contribution in [0, 0.1) is 12.5 Å². The van der Waals surface area contributed by atoms with E-state index in [1.54, 1.807) is 0 Å². The van der Waals surface area contributed by atoms with Gasteiger partial charge in [0.1, 0.15) is 0 Å². The first kappa shape index (κ1) is 8.06. The average Bonchev–Trinajstić information content (AvgIpc) is 1.86. The third-order valence-corrected chi connectivity index (χ3v) is 1.13. The van der Waals surface area contributed by atoms with Crippen LogP contribution in [0.3, 0.4) is 0 Å². The average molecular weight is 173 g/mol. The van der Waals surface area contributed by atoms with Gasteiger partial charge in [-0.05, 0) is 6.54 Å². The van der Waals surface area contributed by atoms with E-state index in [0.29, 0.717) is 0 Å². The van der Waals surface area contributed by atoms with Crippen molar-refractivity contribution in [1.29, 1.82) is 0 Å². The summed E-state index contributed by atoms with van der Waals surface area (Å²) >= 11 is 0. The van der Waals surface area contributed by atoms with E-state index < -0.39 is 0 Å². The fourth-order valence-corrected chi connectivity index (χ4v) is 0.652. The summed E-state index contributed by atoms with van der Waals surface area (Å²) in [7, 11) is 0. The maximum absolute atomic E-state index is 3.15. The zero-order chi connectivity index (χ0) is 4.41. The van der Waals surface area contributed by atoms with Gasteiger partial charge < -0.3 is 5.32 Å². The van der Waals surface area contributed by atoms with Gasteiger partial charge in [0.05, 0.1) is 0 Å². The molecule has 1 unspecified atom stereocenters. The Morgan fingerprint density at radius 2 is 2.43 bits per heavy atom. The van der Waals surface area contributed by atoms with Gasteiger partial charge in [0.2, 0.25) is 0 Å². The molecule has 0 aromatic carbocycles. The Morgan fingerprint density at radius 1 is 1.71 bits per heavy atom. The smallest absolute Gasteiger partial charge is 0 e. The van der Waals surface area contributed by atoms with Gasteiger partial charge in [0.25, 0.3) is 0 Å². The summed E-state index contributed by atoms with van der Waals surface area (Å²) < 4.78 is 0. The molecule has 1 rings (SSSR count). The zero-order valence-electron chi connectivity index (χ0n) is 4.65. The molecule has 0 aliphatic carbocycles. The topological polar surface area (TPSA) is 12.0 Å². The van der Waals surface area contributed by atoms with E-state index in [2.05, 4.69) is 18.8 Å². The van der Waals surface area contributed by atoms with Crippen molar-refractivity contribution in [2.45, 2.75) is 13.3 Å². The van der Waals surface area contributed by atoms with Crippen LogP contribution in [-0.4, -0.2) is 6.54 Å². The van der Waals surface area contributed by atoms with Crippen LogP contribution in [0.5, 0.6) is 0 Å². The molecule has 1 atom stereocenters. The van der Waals surface area contributed by atoms with Crippen molar-refractivity contribution >= 4 is 0 Å². The van der Waals surface area contributed by atoms with E-state index in [-0.39, 0.29) is 32.7 Å². The molecule has 1 radical (unpaired) electrons. The second-order valence-electron chi connectivity index (χ2n) is 1.95. The fraction of sp³-hybridized carbons (Fsp3) is 0.800. The largest absolute Gasteiger partial charge is 0.470 e. The van der Waals surface area contributed by atoms with Crippen molar-refractivity contribution in [3.8, 4) is 0 Å². The van der Waals surface area contributed by atoms with Crippen LogP contribution < -0.4 is 5.32 Å². The van der Waals surface area contributed by atoms with Gasteiger partial charge in [-0.25, -0.2) is 0 Å². The molecule has 0 spiro atoms. The minimum atomic E-state index is 0. The van der Waals surface area contributed by atoms with Gasteiger partial charge in [-0.1, -0.05) is 12.8 Å². The second-order valence-corrected chi connectivity index (χ2v) is 1.95. The Bertz CT molecular complexity index is 41.3. The Kier molecular flexibility index (Phi) is 4.60. The Balaban J connectivity index is 0.000000360. The van der Waals surface area contributed by atoms with Crippen LogP contribution in [0.2, 0.25) is 0 Å². The van der Waals surface area contributed by atoms with Crippen molar-refractivity contribution in [3.63, 3.8) is 0 Å². The summed E-state index contributed by atoms with van der Waals surface area (Å²) in [4.78, 5) is 0. The number of hydrogen-bond donors (Lipinski definition) is 1. The molecule has 1 N–H and O–H groups in total. The summed E-state index contributed by atoms with van der Waals surface area (Å²) in [5.74, 6) is 0.880. The van der Waals surface area contributed by atoms with Gasteiger partial charge in [-0.3, -0.25) is 6.54 Å². The van der Waals surface area contributed by atoms with Crippen LogP contribution in [0.1, 0.15) is 13.3 Å². The summed E-state index contributed by atoms with van der Waals surface area (Å²) in [6, 6.07) is 0. The summed E-state index contributed by atoms with van der Waals surface area (Å²) in [5, 5.41) is 3.15. The third-order valence-electron chi connectivity index (χ3n) is 1.13. The van der Waals surface area contributed by atoms with Crippen LogP contribution in [0.15, 0.2) is 0 Å². The second kappa shape index (κ2) is 3.99. The van der Waals surface area contributed by atoms with E-state index in [0.717, 1.165) is 5.92 Å². The third kappa shape index (κ3) is 2.79. The van der Waals surface area contributed by atoms with Crippen LogP contribution >= 0.6 is 0 Å². The molecule has 1 heterocycles. The van der Waals surface area contributed by atoms with Gasteiger partial charge in [0, 0.05) is 32.7 Å². The fourth-order valence-electron chi connectivity index (χ4n) is 0.652. The summed E-state index contributed by atoms with van der Waals surface area (Å²) in [6.45, 7) is 5.56. The predicted octanol–water partition coefficient (Wildman–Crippen LogP) is 0.775. The molecule has 2 heteroatoms. The Labute approximate surface area is 70.1 Å². The quantitative estimate of drug-likeness (QED) is 0.533. The number of hydrogen-bond acceptors (Lipinski definition) is 1. The number of nitrogens with one attached hydrogen (secondary N) is 1. The van der Waals surface area contributed by atoms with E-state index in [1.165, 1.54) is 13.0 Å². The maximum atomic E-state index is 3.15. The first-order valence-electron chi connectivity index (χ1n) is 2.44. The summed E-state index contributed by atoms with van der Waals surface area (Å²) in [6.07, 6.45) is 1.25. The molecule has 39 valence electrons. The van der Waals surface area contributed by atoms with E-state index in [9.17, 15) is 0 Å². The number of rotatable bonds is 0. The molecule has 0 aromatic rings. The molecular formula is C5H10NY-. The molecule has 1 aliphatic rings. The van der Waals surface area contributed by atoms with Crippen LogP contribution in [-0.2, 0) is 32.7 Å². The molecular weight excluding hydrogens is 163 g/mol. The molecule has 0 bridgehead atoms. The van der Waals surface area contributed by atoms with Crippen molar-refractivity contribution < 1.29 is 32.7 Å². The molecule has 0 aromatic heterocycles. The maximum Gasteiger partial charge on any atom is 0 e. The first-order chi connectivity index (χ1) is 2.89. The minimum absolute atomic E-state index is 0. The molecule has 1 saturated heterocycles. The molecule has 1 nitrogen and oxygen atoms in total.